The molecule has 1 aliphatic heterocycles. The van der Waals surface area contributed by atoms with Crippen LogP contribution < -0.4 is 0 Å². The Balaban J connectivity index is 3.54. The van der Waals surface area contributed by atoms with Gasteiger partial charge in [-0.3, -0.25) is 4.55 Å². The molecule has 17 heteroatoms. The molecule has 0 spiro atoms. The summed E-state index contributed by atoms with van der Waals surface area (Å²) in [5.41, 5.74) is 0. The number of sulfonamides is 1. The molecule has 1 fully saturated rings. The Labute approximate surface area is 137 Å². The van der Waals surface area contributed by atoms with Crippen molar-refractivity contribution < 1.29 is 56.1 Å². The number of nitrogens with zero attached hydrogens (tertiary/aromatic N) is 1. The van der Waals surface area contributed by atoms with Gasteiger partial charge in [0.15, 0.2) is 0 Å². The molecule has 0 aromatic carbocycles. The predicted octanol–water partition coefficient (Wildman–Crippen LogP) is 0.841. The lowest BCUT2D eigenvalue weighted by Crippen LogP contribution is -2.64. The van der Waals surface area contributed by atoms with Crippen molar-refractivity contribution in [2.24, 2.45) is 0 Å². The van der Waals surface area contributed by atoms with Gasteiger partial charge in [0.1, 0.15) is 0 Å². The summed E-state index contributed by atoms with van der Waals surface area (Å²) >= 11 is 0. The Hall–Kier alpha value is -0.650. The van der Waals surface area contributed by atoms with Crippen molar-refractivity contribution in [3.8, 4) is 0 Å². The highest BCUT2D eigenvalue weighted by molar-refractivity contribution is 8.65. The molecule has 0 aliphatic carbocycles. The maximum Gasteiger partial charge on any atom is 0.431 e. The molecular formula is C8H11F6NO7S3. The fourth-order valence-electron chi connectivity index (χ4n) is 1.89. The van der Waals surface area contributed by atoms with Crippen LogP contribution in [0, 0.1) is 0 Å². The van der Waals surface area contributed by atoms with Crippen LogP contribution in [-0.2, 0) is 28.0 Å². The van der Waals surface area contributed by atoms with Crippen LogP contribution in [0.15, 0.2) is 0 Å². The van der Waals surface area contributed by atoms with Crippen molar-refractivity contribution in [1.29, 1.82) is 0 Å². The van der Waals surface area contributed by atoms with Crippen molar-refractivity contribution >= 4 is 28.0 Å². The zero-order valence-corrected chi connectivity index (χ0v) is 14.3. The molecule has 0 unspecified atom stereocenters. The van der Waals surface area contributed by atoms with Crippen molar-refractivity contribution in [1.82, 2.24) is 4.31 Å². The van der Waals surface area contributed by atoms with E-state index in [9.17, 15) is 51.6 Å². The molecule has 8 nitrogen and oxygen atoms in total. The van der Waals surface area contributed by atoms with E-state index < -0.39 is 57.6 Å². The zero-order valence-electron chi connectivity index (χ0n) is 11.9. The van der Waals surface area contributed by atoms with Crippen LogP contribution in [0.5, 0.6) is 0 Å². The smallest absolute Gasteiger partial charge is 0.273 e. The molecule has 0 aromatic heterocycles. The van der Waals surface area contributed by atoms with E-state index in [0.29, 0.717) is 6.42 Å². The van der Waals surface area contributed by atoms with E-state index in [4.69, 9.17) is 4.55 Å². The topological polar surface area (TPSA) is 126 Å². The summed E-state index contributed by atoms with van der Waals surface area (Å²) in [6, 6.07) is 0. The fourth-order valence-corrected chi connectivity index (χ4v) is 5.28. The first-order valence-corrected chi connectivity index (χ1v) is 11.1. The van der Waals surface area contributed by atoms with Gasteiger partial charge in [-0.1, -0.05) is 6.42 Å². The van der Waals surface area contributed by atoms with Gasteiger partial charge in [0.25, 0.3) is 10.0 Å². The summed E-state index contributed by atoms with van der Waals surface area (Å²) in [6.07, 6.45) is 0.266. The van der Waals surface area contributed by atoms with E-state index >= 15 is 0 Å². The SMILES string of the molecule is O=S(=O)(N1CCCCC1)C(F)(F)C(F)(F)C(F)(F)S(=O)(=O)S(=O)(=O)O. The summed E-state index contributed by atoms with van der Waals surface area (Å²) in [4.78, 5) is 0. The Kier molecular flexibility index (Phi) is 5.56. The van der Waals surface area contributed by atoms with Crippen molar-refractivity contribution in [2.75, 3.05) is 13.1 Å². The molecule has 1 N–H and O–H groups in total. The minimum Gasteiger partial charge on any atom is -0.273 e. The van der Waals surface area contributed by atoms with E-state index in [-0.39, 0.29) is 17.1 Å². The predicted molar refractivity (Wildman–Crippen MR) is 69.7 cm³/mol. The standard InChI is InChI=1S/C8H11F6NO7S3/c9-6(10,8(13,14)24(18,19)25(20,21)22)7(11,12)23(16,17)15-4-2-1-3-5-15/h1-5H2,(H,20,21,22). The lowest BCUT2D eigenvalue weighted by Gasteiger charge is -2.35. The minimum atomic E-state index is -7.63. The van der Waals surface area contributed by atoms with E-state index in [2.05, 4.69) is 0 Å². The van der Waals surface area contributed by atoms with Gasteiger partial charge >= 0.3 is 34.5 Å². The van der Waals surface area contributed by atoms with E-state index in [1.807, 2.05) is 0 Å². The van der Waals surface area contributed by atoms with E-state index in [1.165, 1.54) is 0 Å². The first kappa shape index (κ1) is 22.4. The van der Waals surface area contributed by atoms with Crippen LogP contribution in [0.1, 0.15) is 19.3 Å². The van der Waals surface area contributed by atoms with Crippen molar-refractivity contribution in [3.05, 3.63) is 0 Å². The minimum absolute atomic E-state index is 0.0411. The Morgan fingerprint density at radius 3 is 1.48 bits per heavy atom. The second-order valence-electron chi connectivity index (χ2n) is 4.95. The van der Waals surface area contributed by atoms with Crippen LogP contribution in [0.3, 0.4) is 0 Å². The summed E-state index contributed by atoms with van der Waals surface area (Å²) in [5.74, 6) is -7.20. The van der Waals surface area contributed by atoms with Crippen LogP contribution in [0.4, 0.5) is 26.3 Å². The first-order chi connectivity index (χ1) is 10.9. The van der Waals surface area contributed by atoms with Gasteiger partial charge in [-0.15, -0.1) is 0 Å². The molecule has 0 radical (unpaired) electrons. The largest absolute Gasteiger partial charge is 0.431 e. The van der Waals surface area contributed by atoms with Gasteiger partial charge in [0.2, 0.25) is 0 Å². The molecule has 0 bridgehead atoms. The monoisotopic (exact) mass is 443 g/mol. The van der Waals surface area contributed by atoms with Crippen molar-refractivity contribution in [2.45, 2.75) is 35.7 Å². The molecule has 1 saturated heterocycles. The molecule has 1 rings (SSSR count). The average Bonchev–Trinajstić information content (AvgIpc) is 2.46. The zero-order chi connectivity index (χ0) is 20.1. The first-order valence-electron chi connectivity index (χ1n) is 6.21. The van der Waals surface area contributed by atoms with E-state index in [1.54, 1.807) is 0 Å². The van der Waals surface area contributed by atoms with Crippen molar-refractivity contribution in [3.63, 3.8) is 0 Å². The second-order valence-corrected chi connectivity index (χ2v) is 11.8. The Bertz CT molecular complexity index is 829. The van der Waals surface area contributed by atoms with Gasteiger partial charge in [-0.2, -0.15) is 39.1 Å². The van der Waals surface area contributed by atoms with Crippen LogP contribution in [0.2, 0.25) is 0 Å². The summed E-state index contributed by atoms with van der Waals surface area (Å²) in [5, 5.41) is -13.8. The summed E-state index contributed by atoms with van der Waals surface area (Å²) in [6.45, 7) is -1.41. The number of hydrogen-bond acceptors (Lipinski definition) is 6. The molecule has 0 atom stereocenters. The average molecular weight is 443 g/mol. The molecule has 0 saturated carbocycles. The molecule has 1 heterocycles. The summed E-state index contributed by atoms with van der Waals surface area (Å²) < 4.78 is 155. The number of alkyl halides is 6. The van der Waals surface area contributed by atoms with Gasteiger partial charge in [-0.25, -0.2) is 16.8 Å². The number of piperidine rings is 1. The maximum atomic E-state index is 13.8. The number of hydrogen-bond donors (Lipinski definition) is 1. The van der Waals surface area contributed by atoms with Crippen LogP contribution >= 0.6 is 0 Å². The van der Waals surface area contributed by atoms with Gasteiger partial charge in [0.05, 0.1) is 0 Å². The quantitative estimate of drug-likeness (QED) is 0.366. The van der Waals surface area contributed by atoms with Gasteiger partial charge < -0.3 is 0 Å². The third-order valence-electron chi connectivity index (χ3n) is 3.30. The van der Waals surface area contributed by atoms with E-state index in [0.717, 1.165) is 0 Å². The highest BCUT2D eigenvalue weighted by Crippen LogP contribution is 2.52. The number of halogens is 6. The Morgan fingerprint density at radius 1 is 0.720 bits per heavy atom. The van der Waals surface area contributed by atoms with Gasteiger partial charge in [0, 0.05) is 13.1 Å². The highest BCUT2D eigenvalue weighted by Gasteiger charge is 2.84. The normalized spacial score (nSPS) is 19.8. The van der Waals surface area contributed by atoms with Crippen LogP contribution in [0.25, 0.3) is 0 Å². The molecular weight excluding hydrogens is 432 g/mol. The third-order valence-corrected chi connectivity index (χ3v) is 8.98. The summed E-state index contributed by atoms with van der Waals surface area (Å²) in [7, 11) is -21.1. The highest BCUT2D eigenvalue weighted by atomic mass is 33.2. The molecule has 25 heavy (non-hydrogen) atoms. The lowest BCUT2D eigenvalue weighted by molar-refractivity contribution is -0.244. The fraction of sp³-hybridized carbons (Fsp3) is 1.00. The maximum absolute atomic E-state index is 13.8. The lowest BCUT2D eigenvalue weighted by atomic mass is 10.2. The Morgan fingerprint density at radius 2 is 1.12 bits per heavy atom. The third kappa shape index (κ3) is 3.13. The number of rotatable bonds is 6. The molecule has 0 amide bonds. The molecule has 0 aromatic rings. The molecule has 150 valence electrons. The molecule has 1 aliphatic rings. The van der Waals surface area contributed by atoms with Crippen LogP contribution in [-0.4, -0.2) is 63.6 Å². The second kappa shape index (κ2) is 6.21. The van der Waals surface area contributed by atoms with Gasteiger partial charge in [-0.05, 0) is 12.8 Å².